The minimum Gasteiger partial charge on any atom is -0.358 e. The van der Waals surface area contributed by atoms with Gasteiger partial charge >= 0.3 is 0 Å². The molecule has 1 heterocycles. The molecular formula is C13H14ClN3OS. The normalized spacial score (nSPS) is 10.4. The van der Waals surface area contributed by atoms with Gasteiger partial charge in [-0.25, -0.2) is 4.98 Å². The molecule has 1 amide bonds. The fourth-order valence-corrected chi connectivity index (χ4v) is 2.68. The minimum atomic E-state index is -0.0402. The summed E-state index contributed by atoms with van der Waals surface area (Å²) >= 11 is 7.68. The molecule has 0 fully saturated rings. The van der Waals surface area contributed by atoms with Crippen molar-refractivity contribution in [3.8, 4) is 10.6 Å². The Labute approximate surface area is 120 Å². The third-order valence-corrected chi connectivity index (χ3v) is 3.78. The van der Waals surface area contributed by atoms with Gasteiger partial charge in [-0.2, -0.15) is 0 Å². The SMILES string of the molecule is CNC(=O)CNCc1csc(-c2ccccc2Cl)n1. The van der Waals surface area contributed by atoms with Crippen LogP contribution in [0.4, 0.5) is 0 Å². The van der Waals surface area contributed by atoms with Crippen LogP contribution < -0.4 is 10.6 Å². The Bertz CT molecular complexity index is 571. The molecule has 2 N–H and O–H groups in total. The van der Waals surface area contributed by atoms with E-state index in [0.717, 1.165) is 16.3 Å². The molecule has 0 saturated heterocycles. The Morgan fingerprint density at radius 2 is 2.21 bits per heavy atom. The first-order valence-corrected chi connectivity index (χ1v) is 7.07. The van der Waals surface area contributed by atoms with Crippen molar-refractivity contribution in [3.05, 3.63) is 40.4 Å². The minimum absolute atomic E-state index is 0.0402. The van der Waals surface area contributed by atoms with Crippen LogP contribution in [-0.4, -0.2) is 24.5 Å². The zero-order chi connectivity index (χ0) is 13.7. The lowest BCUT2D eigenvalue weighted by Gasteiger charge is -2.01. The van der Waals surface area contributed by atoms with Crippen molar-refractivity contribution in [1.29, 1.82) is 0 Å². The predicted molar refractivity (Wildman–Crippen MR) is 78.3 cm³/mol. The van der Waals surface area contributed by atoms with Crippen molar-refractivity contribution in [3.63, 3.8) is 0 Å². The number of aromatic nitrogens is 1. The van der Waals surface area contributed by atoms with Gasteiger partial charge in [-0.15, -0.1) is 11.3 Å². The average Bonchev–Trinajstić information content (AvgIpc) is 2.87. The molecule has 19 heavy (non-hydrogen) atoms. The molecule has 4 nitrogen and oxygen atoms in total. The summed E-state index contributed by atoms with van der Waals surface area (Å²) < 4.78 is 0. The molecule has 1 aromatic heterocycles. The van der Waals surface area contributed by atoms with Gasteiger partial charge in [0.05, 0.1) is 17.3 Å². The van der Waals surface area contributed by atoms with Gasteiger partial charge in [-0.1, -0.05) is 29.8 Å². The highest BCUT2D eigenvalue weighted by atomic mass is 35.5. The van der Waals surface area contributed by atoms with Crippen LogP contribution in [0.3, 0.4) is 0 Å². The second-order valence-corrected chi connectivity index (χ2v) is 5.17. The number of carbonyl (C=O) groups excluding carboxylic acids is 1. The summed E-state index contributed by atoms with van der Waals surface area (Å²) in [5, 5.41) is 9.14. The third-order valence-electron chi connectivity index (χ3n) is 2.53. The number of carbonyl (C=O) groups is 1. The summed E-state index contributed by atoms with van der Waals surface area (Å²) in [6, 6.07) is 7.63. The molecule has 2 rings (SSSR count). The fourth-order valence-electron chi connectivity index (χ4n) is 1.54. The molecule has 0 radical (unpaired) electrons. The van der Waals surface area contributed by atoms with Crippen molar-refractivity contribution < 1.29 is 4.79 Å². The zero-order valence-electron chi connectivity index (χ0n) is 10.4. The van der Waals surface area contributed by atoms with Crippen LogP contribution in [0.1, 0.15) is 5.69 Å². The number of amides is 1. The quantitative estimate of drug-likeness (QED) is 0.890. The Morgan fingerprint density at radius 1 is 1.42 bits per heavy atom. The molecule has 0 aliphatic rings. The smallest absolute Gasteiger partial charge is 0.233 e. The summed E-state index contributed by atoms with van der Waals surface area (Å²) in [6.07, 6.45) is 0. The number of nitrogens with one attached hydrogen (secondary N) is 2. The maximum Gasteiger partial charge on any atom is 0.233 e. The zero-order valence-corrected chi connectivity index (χ0v) is 12.0. The largest absolute Gasteiger partial charge is 0.358 e. The Kier molecular flexibility index (Phi) is 4.90. The van der Waals surface area contributed by atoms with Gasteiger partial charge in [0.1, 0.15) is 5.01 Å². The van der Waals surface area contributed by atoms with Gasteiger partial charge < -0.3 is 10.6 Å². The highest BCUT2D eigenvalue weighted by Crippen LogP contribution is 2.29. The lowest BCUT2D eigenvalue weighted by atomic mass is 10.2. The van der Waals surface area contributed by atoms with Gasteiger partial charge in [0.15, 0.2) is 0 Å². The number of hydrogen-bond donors (Lipinski definition) is 2. The molecule has 2 aromatic rings. The van der Waals surface area contributed by atoms with Crippen molar-refractivity contribution in [1.82, 2.24) is 15.6 Å². The topological polar surface area (TPSA) is 54.0 Å². The van der Waals surface area contributed by atoms with Crippen LogP contribution in [0.5, 0.6) is 0 Å². The number of rotatable bonds is 5. The summed E-state index contributed by atoms with van der Waals surface area (Å²) in [6.45, 7) is 0.851. The first-order valence-electron chi connectivity index (χ1n) is 5.81. The van der Waals surface area contributed by atoms with Crippen LogP contribution in [0.25, 0.3) is 10.6 Å². The van der Waals surface area contributed by atoms with E-state index in [1.807, 2.05) is 29.6 Å². The summed E-state index contributed by atoms with van der Waals surface area (Å²) in [4.78, 5) is 15.6. The van der Waals surface area contributed by atoms with E-state index in [-0.39, 0.29) is 12.5 Å². The van der Waals surface area contributed by atoms with E-state index in [0.29, 0.717) is 11.6 Å². The lowest BCUT2D eigenvalue weighted by Crippen LogP contribution is -2.31. The number of thiazole rings is 1. The standard InChI is InChI=1S/C13H14ClN3OS/c1-15-12(18)7-16-6-9-8-19-13(17-9)10-4-2-3-5-11(10)14/h2-5,8,16H,6-7H2,1H3,(H,15,18). The number of halogens is 1. The van der Waals surface area contributed by atoms with Crippen molar-refractivity contribution >= 4 is 28.8 Å². The molecule has 0 spiro atoms. The van der Waals surface area contributed by atoms with E-state index in [2.05, 4.69) is 15.6 Å². The van der Waals surface area contributed by atoms with E-state index < -0.39 is 0 Å². The number of nitrogens with zero attached hydrogens (tertiary/aromatic N) is 1. The van der Waals surface area contributed by atoms with Gasteiger partial charge in [0.25, 0.3) is 0 Å². The lowest BCUT2D eigenvalue weighted by molar-refractivity contribution is -0.119. The predicted octanol–water partition coefficient (Wildman–Crippen LogP) is 2.30. The maximum absolute atomic E-state index is 11.1. The number of benzene rings is 1. The summed E-state index contributed by atoms with van der Waals surface area (Å²) in [5.41, 5.74) is 1.84. The maximum atomic E-state index is 11.1. The van der Waals surface area contributed by atoms with Crippen LogP contribution >= 0.6 is 22.9 Å². The number of likely N-dealkylation sites (N-methyl/N-ethyl adjacent to an activating group) is 1. The van der Waals surface area contributed by atoms with Crippen LogP contribution in [0.15, 0.2) is 29.6 Å². The van der Waals surface area contributed by atoms with Crippen molar-refractivity contribution in [2.45, 2.75) is 6.54 Å². The first-order chi connectivity index (χ1) is 9.20. The number of hydrogen-bond acceptors (Lipinski definition) is 4. The van der Waals surface area contributed by atoms with Gasteiger partial charge in [-0.3, -0.25) is 4.79 Å². The van der Waals surface area contributed by atoms with Crippen LogP contribution in [0.2, 0.25) is 5.02 Å². The Morgan fingerprint density at radius 3 is 2.95 bits per heavy atom. The van der Waals surface area contributed by atoms with Crippen molar-refractivity contribution in [2.24, 2.45) is 0 Å². The van der Waals surface area contributed by atoms with Crippen molar-refractivity contribution in [2.75, 3.05) is 13.6 Å². The van der Waals surface area contributed by atoms with Gasteiger partial charge in [-0.05, 0) is 6.07 Å². The molecule has 1 aromatic carbocycles. The van der Waals surface area contributed by atoms with E-state index in [4.69, 9.17) is 11.6 Å². The van der Waals surface area contributed by atoms with E-state index in [1.165, 1.54) is 0 Å². The summed E-state index contributed by atoms with van der Waals surface area (Å²) in [7, 11) is 1.61. The van der Waals surface area contributed by atoms with Gasteiger partial charge in [0.2, 0.25) is 5.91 Å². The highest BCUT2D eigenvalue weighted by molar-refractivity contribution is 7.13. The molecule has 0 aliphatic heterocycles. The second-order valence-electron chi connectivity index (χ2n) is 3.90. The van der Waals surface area contributed by atoms with E-state index >= 15 is 0 Å². The monoisotopic (exact) mass is 295 g/mol. The highest BCUT2D eigenvalue weighted by Gasteiger charge is 2.08. The molecule has 0 bridgehead atoms. The second kappa shape index (κ2) is 6.65. The fraction of sp³-hybridized carbons (Fsp3) is 0.231. The Balaban J connectivity index is 2.00. The molecule has 0 aliphatic carbocycles. The van der Waals surface area contributed by atoms with E-state index in [9.17, 15) is 4.79 Å². The van der Waals surface area contributed by atoms with E-state index in [1.54, 1.807) is 18.4 Å². The van der Waals surface area contributed by atoms with Gasteiger partial charge in [0, 0.05) is 24.5 Å². The Hall–Kier alpha value is -1.43. The molecule has 6 heteroatoms. The third kappa shape index (κ3) is 3.76. The molecule has 0 unspecified atom stereocenters. The summed E-state index contributed by atoms with van der Waals surface area (Å²) in [5.74, 6) is -0.0402. The molecule has 100 valence electrons. The average molecular weight is 296 g/mol. The van der Waals surface area contributed by atoms with Crippen LogP contribution in [0, 0.1) is 0 Å². The molecule has 0 atom stereocenters. The molecule has 0 saturated carbocycles. The first kappa shape index (κ1) is 14.0. The molecular weight excluding hydrogens is 282 g/mol. The van der Waals surface area contributed by atoms with Crippen LogP contribution in [-0.2, 0) is 11.3 Å².